The van der Waals surface area contributed by atoms with Crippen LogP contribution in [0.5, 0.6) is 0 Å². The standard InChI is InChI=1S/C15H22N2O2S/c1-10-5-6-13(11(2)9-10)14-16-12(3)15(18)17(14)7-8-20(4)19/h5-6,9,12,14,16H,7-8H2,1-4H3. The van der Waals surface area contributed by atoms with Crippen LogP contribution in [0.4, 0.5) is 0 Å². The molecule has 1 aromatic carbocycles. The van der Waals surface area contributed by atoms with Gasteiger partial charge in [0.15, 0.2) is 0 Å². The van der Waals surface area contributed by atoms with E-state index in [0.717, 1.165) is 5.56 Å². The molecule has 0 radical (unpaired) electrons. The molecule has 5 heteroatoms. The van der Waals surface area contributed by atoms with Gasteiger partial charge >= 0.3 is 0 Å². The van der Waals surface area contributed by atoms with E-state index in [1.807, 2.05) is 11.8 Å². The van der Waals surface area contributed by atoms with Gasteiger partial charge in [0.25, 0.3) is 0 Å². The lowest BCUT2D eigenvalue weighted by atomic mass is 10.0. The van der Waals surface area contributed by atoms with Gasteiger partial charge in [-0.3, -0.25) is 14.3 Å². The van der Waals surface area contributed by atoms with Crippen molar-refractivity contribution in [2.45, 2.75) is 33.0 Å². The summed E-state index contributed by atoms with van der Waals surface area (Å²) in [6.45, 7) is 6.53. The fourth-order valence-corrected chi connectivity index (χ4v) is 3.08. The Morgan fingerprint density at radius 3 is 2.65 bits per heavy atom. The lowest BCUT2D eigenvalue weighted by Crippen LogP contribution is -2.34. The number of carbonyl (C=O) groups is 1. The summed E-state index contributed by atoms with van der Waals surface area (Å²) >= 11 is 0. The predicted molar refractivity (Wildman–Crippen MR) is 81.9 cm³/mol. The van der Waals surface area contributed by atoms with Crippen LogP contribution in [0.25, 0.3) is 0 Å². The van der Waals surface area contributed by atoms with Gasteiger partial charge in [0.2, 0.25) is 5.91 Å². The molecule has 110 valence electrons. The third kappa shape index (κ3) is 3.10. The number of carbonyl (C=O) groups excluding carboxylic acids is 1. The Kier molecular flexibility index (Phi) is 4.60. The van der Waals surface area contributed by atoms with E-state index in [2.05, 4.69) is 37.4 Å². The monoisotopic (exact) mass is 294 g/mol. The minimum absolute atomic E-state index is 0.0837. The highest BCUT2D eigenvalue weighted by Crippen LogP contribution is 2.27. The van der Waals surface area contributed by atoms with E-state index in [9.17, 15) is 9.00 Å². The van der Waals surface area contributed by atoms with Crippen LogP contribution in [0, 0.1) is 13.8 Å². The maximum Gasteiger partial charge on any atom is 0.241 e. The number of aryl methyl sites for hydroxylation is 2. The normalized spacial score (nSPS) is 24.2. The SMILES string of the molecule is Cc1ccc(C2NC(C)C(=O)N2CCS(C)=O)c(C)c1. The summed E-state index contributed by atoms with van der Waals surface area (Å²) in [5.41, 5.74) is 3.51. The number of hydrogen-bond donors (Lipinski definition) is 1. The highest BCUT2D eigenvalue weighted by atomic mass is 32.2. The van der Waals surface area contributed by atoms with Gasteiger partial charge in [-0.2, -0.15) is 0 Å². The summed E-state index contributed by atoms with van der Waals surface area (Å²) in [6, 6.07) is 6.07. The molecule has 1 amide bonds. The molecule has 1 N–H and O–H groups in total. The molecule has 1 heterocycles. The van der Waals surface area contributed by atoms with Gasteiger partial charge in [0.1, 0.15) is 6.17 Å². The first kappa shape index (κ1) is 15.2. The van der Waals surface area contributed by atoms with Crippen LogP contribution in [0.2, 0.25) is 0 Å². The van der Waals surface area contributed by atoms with Crippen molar-refractivity contribution in [2.75, 3.05) is 18.6 Å². The van der Waals surface area contributed by atoms with Crippen LogP contribution >= 0.6 is 0 Å². The lowest BCUT2D eigenvalue weighted by molar-refractivity contribution is -0.129. The summed E-state index contributed by atoms with van der Waals surface area (Å²) in [7, 11) is -0.890. The molecule has 0 saturated carbocycles. The summed E-state index contributed by atoms with van der Waals surface area (Å²) in [5.74, 6) is 0.599. The molecule has 4 nitrogen and oxygen atoms in total. The Morgan fingerprint density at radius 2 is 2.05 bits per heavy atom. The van der Waals surface area contributed by atoms with Crippen LogP contribution in [0.1, 0.15) is 29.8 Å². The molecular formula is C15H22N2O2S. The Morgan fingerprint density at radius 1 is 1.35 bits per heavy atom. The molecule has 0 spiro atoms. The number of nitrogens with zero attached hydrogens (tertiary/aromatic N) is 1. The van der Waals surface area contributed by atoms with Crippen LogP contribution in [0.15, 0.2) is 18.2 Å². The second-order valence-corrected chi connectivity index (χ2v) is 7.01. The van der Waals surface area contributed by atoms with Gasteiger partial charge in [-0.15, -0.1) is 0 Å². The van der Waals surface area contributed by atoms with Gasteiger partial charge in [-0.05, 0) is 31.9 Å². The van der Waals surface area contributed by atoms with Gasteiger partial charge in [-0.1, -0.05) is 23.8 Å². The second kappa shape index (κ2) is 6.06. The van der Waals surface area contributed by atoms with Crippen molar-refractivity contribution < 1.29 is 9.00 Å². The van der Waals surface area contributed by atoms with E-state index in [0.29, 0.717) is 12.3 Å². The number of hydrogen-bond acceptors (Lipinski definition) is 3. The smallest absolute Gasteiger partial charge is 0.241 e. The number of nitrogens with one attached hydrogen (secondary N) is 1. The largest absolute Gasteiger partial charge is 0.321 e. The molecule has 3 unspecified atom stereocenters. The topological polar surface area (TPSA) is 49.4 Å². The Labute approximate surface area is 123 Å². The molecule has 0 bridgehead atoms. The molecule has 3 atom stereocenters. The zero-order chi connectivity index (χ0) is 14.9. The average molecular weight is 294 g/mol. The average Bonchev–Trinajstić information content (AvgIpc) is 2.63. The van der Waals surface area contributed by atoms with Gasteiger partial charge in [-0.25, -0.2) is 0 Å². The van der Waals surface area contributed by atoms with Crippen molar-refractivity contribution in [1.82, 2.24) is 10.2 Å². The van der Waals surface area contributed by atoms with Crippen molar-refractivity contribution in [3.05, 3.63) is 34.9 Å². The minimum Gasteiger partial charge on any atom is -0.321 e. The van der Waals surface area contributed by atoms with Gasteiger partial charge in [0.05, 0.1) is 6.04 Å². The van der Waals surface area contributed by atoms with E-state index in [1.54, 1.807) is 6.26 Å². The quantitative estimate of drug-likeness (QED) is 0.915. The van der Waals surface area contributed by atoms with Crippen molar-refractivity contribution in [2.24, 2.45) is 0 Å². The summed E-state index contributed by atoms with van der Waals surface area (Å²) in [4.78, 5) is 14.1. The van der Waals surface area contributed by atoms with Gasteiger partial charge in [0, 0.05) is 29.4 Å². The molecular weight excluding hydrogens is 272 g/mol. The van der Waals surface area contributed by atoms with E-state index in [-0.39, 0.29) is 18.1 Å². The summed E-state index contributed by atoms with van der Waals surface area (Å²) < 4.78 is 11.3. The van der Waals surface area contributed by atoms with Crippen molar-refractivity contribution >= 4 is 16.7 Å². The van der Waals surface area contributed by atoms with Crippen molar-refractivity contribution in [3.63, 3.8) is 0 Å². The fourth-order valence-electron chi connectivity index (χ4n) is 2.63. The van der Waals surface area contributed by atoms with Crippen molar-refractivity contribution in [1.29, 1.82) is 0 Å². The Hall–Kier alpha value is -1.20. The third-order valence-electron chi connectivity index (χ3n) is 3.71. The molecule has 1 aliphatic heterocycles. The fraction of sp³-hybridized carbons (Fsp3) is 0.533. The Bertz CT molecular complexity index is 545. The van der Waals surface area contributed by atoms with Gasteiger partial charge < -0.3 is 4.90 Å². The second-order valence-electron chi connectivity index (χ2n) is 5.46. The van der Waals surface area contributed by atoms with Crippen LogP contribution < -0.4 is 5.32 Å². The van der Waals surface area contributed by atoms with E-state index in [1.165, 1.54) is 11.1 Å². The molecule has 1 fully saturated rings. The molecule has 20 heavy (non-hydrogen) atoms. The molecule has 0 aliphatic carbocycles. The van der Waals surface area contributed by atoms with E-state index in [4.69, 9.17) is 0 Å². The van der Waals surface area contributed by atoms with Crippen LogP contribution in [-0.2, 0) is 15.6 Å². The minimum atomic E-state index is -0.890. The maximum absolute atomic E-state index is 12.2. The molecule has 0 aromatic heterocycles. The van der Waals surface area contributed by atoms with E-state index >= 15 is 0 Å². The zero-order valence-electron chi connectivity index (χ0n) is 12.5. The zero-order valence-corrected chi connectivity index (χ0v) is 13.3. The number of benzene rings is 1. The third-order valence-corrected chi connectivity index (χ3v) is 4.47. The van der Waals surface area contributed by atoms with Crippen LogP contribution in [0.3, 0.4) is 0 Å². The predicted octanol–water partition coefficient (Wildman–Crippen LogP) is 1.50. The summed E-state index contributed by atoms with van der Waals surface area (Å²) in [5, 5.41) is 3.33. The summed E-state index contributed by atoms with van der Waals surface area (Å²) in [6.07, 6.45) is 1.56. The first-order chi connectivity index (χ1) is 9.40. The highest BCUT2D eigenvalue weighted by Gasteiger charge is 2.37. The first-order valence-electron chi connectivity index (χ1n) is 6.84. The van der Waals surface area contributed by atoms with E-state index < -0.39 is 10.8 Å². The maximum atomic E-state index is 12.2. The number of rotatable bonds is 4. The Balaban J connectivity index is 2.27. The molecule has 2 rings (SSSR count). The lowest BCUT2D eigenvalue weighted by Gasteiger charge is -2.25. The molecule has 1 aromatic rings. The molecule has 1 saturated heterocycles. The highest BCUT2D eigenvalue weighted by molar-refractivity contribution is 7.84. The number of amides is 1. The van der Waals surface area contributed by atoms with Crippen molar-refractivity contribution in [3.8, 4) is 0 Å². The van der Waals surface area contributed by atoms with Crippen LogP contribution in [-0.4, -0.2) is 39.6 Å². The first-order valence-corrected chi connectivity index (χ1v) is 8.56. The molecule has 1 aliphatic rings.